The lowest BCUT2D eigenvalue weighted by molar-refractivity contribution is -0.120. The van der Waals surface area contributed by atoms with Gasteiger partial charge in [-0.25, -0.2) is 0 Å². The minimum Gasteiger partial charge on any atom is -0.497 e. The molecule has 0 saturated carbocycles. The number of benzene rings is 1. The van der Waals surface area contributed by atoms with Crippen LogP contribution in [0.4, 0.5) is 0 Å². The first-order valence-corrected chi connectivity index (χ1v) is 6.65. The predicted molar refractivity (Wildman–Crippen MR) is 79.1 cm³/mol. The molecule has 1 rings (SSSR count). The Labute approximate surface area is 125 Å². The third kappa shape index (κ3) is 6.15. The summed E-state index contributed by atoms with van der Waals surface area (Å²) in [6.45, 7) is 1.65. The van der Waals surface area contributed by atoms with Crippen LogP contribution in [0.2, 0.25) is 0 Å². The molecule has 1 amide bonds. The molecule has 0 atom stereocenters. The van der Waals surface area contributed by atoms with E-state index in [2.05, 4.69) is 5.32 Å². The van der Waals surface area contributed by atoms with E-state index < -0.39 is 0 Å². The number of nitrogens with zero attached hydrogens (tertiary/aromatic N) is 2. The molecule has 6 heteroatoms. The fourth-order valence-corrected chi connectivity index (χ4v) is 1.61. The van der Waals surface area contributed by atoms with Crippen LogP contribution in [0.3, 0.4) is 0 Å². The van der Waals surface area contributed by atoms with E-state index in [0.717, 1.165) is 12.1 Å². The number of carbonyl (C=O) groups excluding carboxylic acids is 1. The average Bonchev–Trinajstić information content (AvgIpc) is 2.45. The number of amides is 1. The largest absolute Gasteiger partial charge is 0.497 e. The summed E-state index contributed by atoms with van der Waals surface area (Å²) in [5, 5.41) is 11.2. The van der Waals surface area contributed by atoms with Gasteiger partial charge in [-0.3, -0.25) is 4.79 Å². The molecule has 0 unspecified atom stereocenters. The van der Waals surface area contributed by atoms with Gasteiger partial charge in [-0.05, 0) is 26.2 Å². The SMILES string of the molecule is COc1ccc(CNC(=O)CC#N)c(OCCN(C)C)c1. The molecule has 0 radical (unpaired) electrons. The predicted octanol–water partition coefficient (Wildman–Crippen LogP) is 1.17. The fraction of sp³-hybridized carbons (Fsp3) is 0.467. The number of nitrogens with one attached hydrogen (secondary N) is 1. The summed E-state index contributed by atoms with van der Waals surface area (Å²) < 4.78 is 10.9. The van der Waals surface area contributed by atoms with Gasteiger partial charge in [-0.2, -0.15) is 5.26 Å². The number of likely N-dealkylation sites (N-methyl/N-ethyl adjacent to an activating group) is 1. The van der Waals surface area contributed by atoms with Crippen molar-refractivity contribution in [2.24, 2.45) is 0 Å². The maximum absolute atomic E-state index is 11.3. The molecule has 0 aromatic heterocycles. The van der Waals surface area contributed by atoms with Gasteiger partial charge in [0.15, 0.2) is 0 Å². The molecule has 0 aliphatic carbocycles. The van der Waals surface area contributed by atoms with Gasteiger partial charge in [-0.1, -0.05) is 0 Å². The van der Waals surface area contributed by atoms with Crippen LogP contribution in [0.1, 0.15) is 12.0 Å². The molecule has 0 heterocycles. The first-order chi connectivity index (χ1) is 10.1. The van der Waals surface area contributed by atoms with Crippen molar-refractivity contribution >= 4 is 5.91 Å². The topological polar surface area (TPSA) is 74.6 Å². The van der Waals surface area contributed by atoms with Crippen molar-refractivity contribution in [1.29, 1.82) is 5.26 Å². The standard InChI is InChI=1S/C15H21N3O3/c1-18(2)8-9-21-14-10-13(20-3)5-4-12(14)11-17-15(19)6-7-16/h4-5,10H,6,8-9,11H2,1-3H3,(H,17,19). The molecular formula is C15H21N3O3. The van der Waals surface area contributed by atoms with Crippen molar-refractivity contribution in [3.8, 4) is 17.6 Å². The smallest absolute Gasteiger partial charge is 0.234 e. The van der Waals surface area contributed by atoms with Gasteiger partial charge in [0.25, 0.3) is 0 Å². The summed E-state index contributed by atoms with van der Waals surface area (Å²) >= 11 is 0. The minimum absolute atomic E-state index is 0.146. The van der Waals surface area contributed by atoms with Crippen molar-refractivity contribution in [2.75, 3.05) is 34.4 Å². The zero-order valence-corrected chi connectivity index (χ0v) is 12.7. The molecule has 114 valence electrons. The van der Waals surface area contributed by atoms with Crippen LogP contribution in [0.15, 0.2) is 18.2 Å². The Morgan fingerprint density at radius 2 is 2.19 bits per heavy atom. The highest BCUT2D eigenvalue weighted by molar-refractivity contribution is 5.78. The van der Waals surface area contributed by atoms with Gasteiger partial charge < -0.3 is 19.7 Å². The highest BCUT2D eigenvalue weighted by Gasteiger charge is 2.08. The van der Waals surface area contributed by atoms with E-state index in [1.165, 1.54) is 0 Å². The Morgan fingerprint density at radius 1 is 1.43 bits per heavy atom. The van der Waals surface area contributed by atoms with E-state index in [1.54, 1.807) is 13.2 Å². The quantitative estimate of drug-likeness (QED) is 0.778. The van der Waals surface area contributed by atoms with Gasteiger partial charge in [-0.15, -0.1) is 0 Å². The number of hydrogen-bond donors (Lipinski definition) is 1. The molecule has 6 nitrogen and oxygen atoms in total. The summed E-state index contributed by atoms with van der Waals surface area (Å²) in [5.41, 5.74) is 0.848. The highest BCUT2D eigenvalue weighted by Crippen LogP contribution is 2.24. The molecule has 1 aromatic rings. The summed E-state index contributed by atoms with van der Waals surface area (Å²) in [6, 6.07) is 7.26. The van der Waals surface area contributed by atoms with Gasteiger partial charge in [0.2, 0.25) is 5.91 Å². The van der Waals surface area contributed by atoms with E-state index in [4.69, 9.17) is 14.7 Å². The highest BCUT2D eigenvalue weighted by atomic mass is 16.5. The van der Waals surface area contributed by atoms with Gasteiger partial charge >= 0.3 is 0 Å². The second-order valence-electron chi connectivity index (χ2n) is 4.74. The third-order valence-corrected chi connectivity index (χ3v) is 2.79. The summed E-state index contributed by atoms with van der Waals surface area (Å²) in [7, 11) is 5.53. The van der Waals surface area contributed by atoms with Crippen LogP contribution < -0.4 is 14.8 Å². The number of hydrogen-bond acceptors (Lipinski definition) is 5. The second-order valence-corrected chi connectivity index (χ2v) is 4.74. The van der Waals surface area contributed by atoms with Crippen molar-refractivity contribution in [3.63, 3.8) is 0 Å². The first kappa shape index (κ1) is 16.8. The molecule has 0 fully saturated rings. The Morgan fingerprint density at radius 3 is 2.81 bits per heavy atom. The van der Waals surface area contributed by atoms with Crippen molar-refractivity contribution in [1.82, 2.24) is 10.2 Å². The molecule has 21 heavy (non-hydrogen) atoms. The number of rotatable bonds is 8. The Hall–Kier alpha value is -2.26. The van der Waals surface area contributed by atoms with Gasteiger partial charge in [0, 0.05) is 24.7 Å². The normalized spacial score (nSPS) is 10.0. The molecule has 0 aliphatic heterocycles. The summed E-state index contributed by atoms with van der Waals surface area (Å²) in [6.07, 6.45) is -0.146. The molecule has 0 spiro atoms. The van der Waals surface area contributed by atoms with Crippen LogP contribution in [0.5, 0.6) is 11.5 Å². The Kier molecular flexibility index (Phi) is 7.05. The number of ether oxygens (including phenoxy) is 2. The van der Waals surface area contributed by atoms with Gasteiger partial charge in [0.1, 0.15) is 24.5 Å². The number of carbonyl (C=O) groups is 1. The van der Waals surface area contributed by atoms with Gasteiger partial charge in [0.05, 0.1) is 13.2 Å². The molecule has 0 bridgehead atoms. The minimum atomic E-state index is -0.299. The number of nitriles is 1. The van der Waals surface area contributed by atoms with Crippen LogP contribution in [0, 0.1) is 11.3 Å². The first-order valence-electron chi connectivity index (χ1n) is 6.65. The fourth-order valence-electron chi connectivity index (χ4n) is 1.61. The molecule has 1 N–H and O–H groups in total. The van der Waals surface area contributed by atoms with Crippen LogP contribution >= 0.6 is 0 Å². The second kappa shape index (κ2) is 8.82. The zero-order chi connectivity index (χ0) is 15.7. The van der Waals surface area contributed by atoms with Crippen molar-refractivity contribution in [3.05, 3.63) is 23.8 Å². The molecular weight excluding hydrogens is 270 g/mol. The lowest BCUT2D eigenvalue weighted by Gasteiger charge is -2.15. The molecule has 0 aliphatic rings. The Bertz CT molecular complexity index is 509. The van der Waals surface area contributed by atoms with Crippen LogP contribution in [-0.4, -0.2) is 45.2 Å². The summed E-state index contributed by atoms with van der Waals surface area (Å²) in [5.74, 6) is 1.07. The number of methoxy groups -OCH3 is 1. The lowest BCUT2D eigenvalue weighted by atomic mass is 10.2. The third-order valence-electron chi connectivity index (χ3n) is 2.79. The van der Waals surface area contributed by atoms with E-state index in [-0.39, 0.29) is 12.3 Å². The van der Waals surface area contributed by atoms with Crippen LogP contribution in [-0.2, 0) is 11.3 Å². The van der Waals surface area contributed by atoms with E-state index in [9.17, 15) is 4.79 Å². The van der Waals surface area contributed by atoms with Crippen molar-refractivity contribution in [2.45, 2.75) is 13.0 Å². The lowest BCUT2D eigenvalue weighted by Crippen LogP contribution is -2.23. The van der Waals surface area contributed by atoms with Crippen molar-refractivity contribution < 1.29 is 14.3 Å². The maximum atomic E-state index is 11.3. The summed E-state index contributed by atoms with van der Waals surface area (Å²) in [4.78, 5) is 13.4. The molecule has 0 saturated heterocycles. The zero-order valence-electron chi connectivity index (χ0n) is 12.7. The van der Waals surface area contributed by atoms with E-state index >= 15 is 0 Å². The monoisotopic (exact) mass is 291 g/mol. The van der Waals surface area contributed by atoms with Crippen LogP contribution in [0.25, 0.3) is 0 Å². The van der Waals surface area contributed by atoms with E-state index in [1.807, 2.05) is 37.2 Å². The Balaban J connectivity index is 2.72. The average molecular weight is 291 g/mol. The van der Waals surface area contributed by atoms with E-state index in [0.29, 0.717) is 24.7 Å². The maximum Gasteiger partial charge on any atom is 0.234 e. The molecule has 1 aromatic carbocycles.